The highest BCUT2D eigenvalue weighted by Gasteiger charge is 2.11. The standard InChI is InChI=1S/C18H17N/c1-3-15-17-12-8-7-11-16(17)13(2)19-18(15)14-9-5-4-6-10-14/h4-12H,3H2,1-2H3. The Morgan fingerprint density at radius 1 is 0.842 bits per heavy atom. The molecule has 1 aromatic heterocycles. The number of rotatable bonds is 2. The second kappa shape index (κ2) is 4.85. The van der Waals surface area contributed by atoms with Gasteiger partial charge in [0, 0.05) is 16.6 Å². The van der Waals surface area contributed by atoms with Gasteiger partial charge in [-0.1, -0.05) is 61.5 Å². The number of benzene rings is 2. The van der Waals surface area contributed by atoms with E-state index >= 15 is 0 Å². The van der Waals surface area contributed by atoms with Crippen LogP contribution < -0.4 is 0 Å². The molecule has 1 nitrogen and oxygen atoms in total. The molecule has 0 fully saturated rings. The Hall–Kier alpha value is -2.15. The molecule has 0 spiro atoms. The zero-order valence-corrected chi connectivity index (χ0v) is 11.4. The maximum atomic E-state index is 4.84. The lowest BCUT2D eigenvalue weighted by Gasteiger charge is -2.13. The van der Waals surface area contributed by atoms with Crippen molar-refractivity contribution in [3.05, 3.63) is 65.9 Å². The minimum Gasteiger partial charge on any atom is -0.252 e. The van der Waals surface area contributed by atoms with Crippen molar-refractivity contribution in [1.29, 1.82) is 0 Å². The molecule has 0 bridgehead atoms. The van der Waals surface area contributed by atoms with Gasteiger partial charge < -0.3 is 0 Å². The van der Waals surface area contributed by atoms with Crippen molar-refractivity contribution < 1.29 is 0 Å². The summed E-state index contributed by atoms with van der Waals surface area (Å²) >= 11 is 0. The van der Waals surface area contributed by atoms with Crippen molar-refractivity contribution in [2.24, 2.45) is 0 Å². The molecule has 19 heavy (non-hydrogen) atoms. The van der Waals surface area contributed by atoms with Gasteiger partial charge in [0.1, 0.15) is 0 Å². The minimum absolute atomic E-state index is 0.998. The van der Waals surface area contributed by atoms with Crippen LogP contribution in [-0.2, 0) is 6.42 Å². The second-order valence-electron chi connectivity index (χ2n) is 4.79. The summed E-state index contributed by atoms with van der Waals surface area (Å²) in [5, 5.41) is 2.59. The van der Waals surface area contributed by atoms with Crippen LogP contribution in [0.15, 0.2) is 54.6 Å². The topological polar surface area (TPSA) is 12.9 Å². The zero-order valence-electron chi connectivity index (χ0n) is 11.4. The molecule has 0 aliphatic rings. The summed E-state index contributed by atoms with van der Waals surface area (Å²) < 4.78 is 0. The van der Waals surface area contributed by atoms with Gasteiger partial charge in [-0.05, 0) is 24.3 Å². The van der Waals surface area contributed by atoms with E-state index in [0.29, 0.717) is 0 Å². The normalized spacial score (nSPS) is 10.8. The predicted molar refractivity (Wildman–Crippen MR) is 81.3 cm³/mol. The molecule has 1 heterocycles. The second-order valence-corrected chi connectivity index (χ2v) is 4.79. The first-order valence-corrected chi connectivity index (χ1v) is 6.75. The lowest BCUT2D eigenvalue weighted by Crippen LogP contribution is -1.97. The van der Waals surface area contributed by atoms with Crippen molar-refractivity contribution in [2.45, 2.75) is 20.3 Å². The average molecular weight is 247 g/mol. The van der Waals surface area contributed by atoms with Crippen molar-refractivity contribution in [1.82, 2.24) is 4.98 Å². The smallest absolute Gasteiger partial charge is 0.0743 e. The molecule has 94 valence electrons. The Morgan fingerprint density at radius 3 is 2.16 bits per heavy atom. The molecular formula is C18H17N. The largest absolute Gasteiger partial charge is 0.252 e. The van der Waals surface area contributed by atoms with E-state index in [2.05, 4.69) is 62.4 Å². The first-order valence-electron chi connectivity index (χ1n) is 6.75. The van der Waals surface area contributed by atoms with Crippen LogP contribution in [0, 0.1) is 6.92 Å². The highest BCUT2D eigenvalue weighted by Crippen LogP contribution is 2.30. The Labute approximate surface area is 113 Å². The predicted octanol–water partition coefficient (Wildman–Crippen LogP) is 4.77. The number of hydrogen-bond donors (Lipinski definition) is 0. The molecule has 0 amide bonds. The Bertz CT molecular complexity index is 714. The van der Waals surface area contributed by atoms with Gasteiger partial charge >= 0.3 is 0 Å². The van der Waals surface area contributed by atoms with E-state index in [1.165, 1.54) is 21.9 Å². The SMILES string of the molecule is CCc1c(-c2ccccc2)nc(C)c2ccccc12. The summed E-state index contributed by atoms with van der Waals surface area (Å²) in [6, 6.07) is 19.0. The van der Waals surface area contributed by atoms with Crippen LogP contribution in [0.2, 0.25) is 0 Å². The van der Waals surface area contributed by atoms with Gasteiger partial charge in [0.15, 0.2) is 0 Å². The fourth-order valence-corrected chi connectivity index (χ4v) is 2.68. The highest BCUT2D eigenvalue weighted by molar-refractivity contribution is 5.91. The maximum absolute atomic E-state index is 4.84. The molecule has 0 atom stereocenters. The van der Waals surface area contributed by atoms with E-state index in [4.69, 9.17) is 4.98 Å². The minimum atomic E-state index is 0.998. The van der Waals surface area contributed by atoms with Crippen molar-refractivity contribution in [3.63, 3.8) is 0 Å². The van der Waals surface area contributed by atoms with Crippen LogP contribution in [-0.4, -0.2) is 4.98 Å². The van der Waals surface area contributed by atoms with E-state index in [1.807, 2.05) is 6.07 Å². The Morgan fingerprint density at radius 2 is 1.47 bits per heavy atom. The van der Waals surface area contributed by atoms with Crippen LogP contribution in [0.4, 0.5) is 0 Å². The van der Waals surface area contributed by atoms with Crippen LogP contribution in [0.5, 0.6) is 0 Å². The van der Waals surface area contributed by atoms with Gasteiger partial charge in [-0.3, -0.25) is 4.98 Å². The summed E-state index contributed by atoms with van der Waals surface area (Å²) in [5.41, 5.74) is 4.77. The molecule has 3 rings (SSSR count). The molecule has 0 N–H and O–H groups in total. The average Bonchev–Trinajstić information content (AvgIpc) is 2.48. The third-order valence-corrected chi connectivity index (χ3v) is 3.61. The highest BCUT2D eigenvalue weighted by atomic mass is 14.7. The van der Waals surface area contributed by atoms with Gasteiger partial charge in [-0.25, -0.2) is 0 Å². The number of aryl methyl sites for hydroxylation is 2. The zero-order chi connectivity index (χ0) is 13.2. The third kappa shape index (κ3) is 2.01. The summed E-state index contributed by atoms with van der Waals surface area (Å²) in [6.45, 7) is 4.29. The van der Waals surface area contributed by atoms with Crippen LogP contribution in [0.3, 0.4) is 0 Å². The van der Waals surface area contributed by atoms with Gasteiger partial charge in [0.05, 0.1) is 5.69 Å². The fourth-order valence-electron chi connectivity index (χ4n) is 2.68. The monoisotopic (exact) mass is 247 g/mol. The van der Waals surface area contributed by atoms with Gasteiger partial charge in [-0.15, -0.1) is 0 Å². The van der Waals surface area contributed by atoms with Gasteiger partial charge in [-0.2, -0.15) is 0 Å². The molecule has 3 aromatic rings. The number of nitrogens with zero attached hydrogens (tertiary/aromatic N) is 1. The number of aromatic nitrogens is 1. The Kier molecular flexibility index (Phi) is 3.04. The molecule has 0 radical (unpaired) electrons. The quantitative estimate of drug-likeness (QED) is 0.635. The van der Waals surface area contributed by atoms with Crippen molar-refractivity contribution >= 4 is 10.8 Å². The lowest BCUT2D eigenvalue weighted by molar-refractivity contribution is 1.11. The molecule has 2 aromatic carbocycles. The molecule has 0 unspecified atom stereocenters. The molecule has 0 saturated heterocycles. The summed E-state index contributed by atoms with van der Waals surface area (Å²) in [7, 11) is 0. The van der Waals surface area contributed by atoms with Crippen LogP contribution >= 0.6 is 0 Å². The van der Waals surface area contributed by atoms with E-state index < -0.39 is 0 Å². The van der Waals surface area contributed by atoms with Gasteiger partial charge in [0.25, 0.3) is 0 Å². The van der Waals surface area contributed by atoms with E-state index in [9.17, 15) is 0 Å². The van der Waals surface area contributed by atoms with Gasteiger partial charge in [0.2, 0.25) is 0 Å². The van der Waals surface area contributed by atoms with E-state index in [1.54, 1.807) is 0 Å². The summed E-state index contributed by atoms with van der Waals surface area (Å²) in [6.07, 6.45) is 0.998. The first-order chi connectivity index (χ1) is 9.31. The molecular weight excluding hydrogens is 230 g/mol. The number of fused-ring (bicyclic) bond motifs is 1. The third-order valence-electron chi connectivity index (χ3n) is 3.61. The maximum Gasteiger partial charge on any atom is 0.0743 e. The van der Waals surface area contributed by atoms with E-state index in [0.717, 1.165) is 17.8 Å². The summed E-state index contributed by atoms with van der Waals surface area (Å²) in [5.74, 6) is 0. The van der Waals surface area contributed by atoms with Crippen LogP contribution in [0.25, 0.3) is 22.0 Å². The Balaban J connectivity index is 2.37. The fraction of sp³-hybridized carbons (Fsp3) is 0.167. The van der Waals surface area contributed by atoms with E-state index in [-0.39, 0.29) is 0 Å². The molecule has 0 saturated carbocycles. The number of pyridine rings is 1. The summed E-state index contributed by atoms with van der Waals surface area (Å²) in [4.78, 5) is 4.84. The molecule has 0 aliphatic carbocycles. The molecule has 0 aliphatic heterocycles. The first kappa shape index (κ1) is 11.9. The van der Waals surface area contributed by atoms with Crippen molar-refractivity contribution in [3.8, 4) is 11.3 Å². The molecule has 1 heteroatoms. The van der Waals surface area contributed by atoms with Crippen LogP contribution in [0.1, 0.15) is 18.2 Å². The van der Waals surface area contributed by atoms with Crippen molar-refractivity contribution in [2.75, 3.05) is 0 Å². The lowest BCUT2D eigenvalue weighted by atomic mass is 9.96. The number of hydrogen-bond acceptors (Lipinski definition) is 1.